The number of halogens is 1. The number of rotatable bonds is 3. The molecule has 2 atom stereocenters. The van der Waals surface area contributed by atoms with Gasteiger partial charge >= 0.3 is 0 Å². The molecular weight excluding hydrogens is 286 g/mol. The van der Waals surface area contributed by atoms with E-state index in [-0.39, 0.29) is 0 Å². The average molecular weight is 304 g/mol. The Balaban J connectivity index is 2.14. The molecule has 4 heteroatoms. The van der Waals surface area contributed by atoms with Gasteiger partial charge in [0.1, 0.15) is 0 Å². The summed E-state index contributed by atoms with van der Waals surface area (Å²) in [6.07, 6.45) is 4.00. The largest absolute Gasteiger partial charge is 0.376 e. The molecule has 1 aliphatic rings. The Morgan fingerprint density at radius 3 is 2.88 bits per heavy atom. The summed E-state index contributed by atoms with van der Waals surface area (Å²) in [4.78, 5) is 2.71. The van der Waals surface area contributed by atoms with Crippen LogP contribution in [0.2, 0.25) is 0 Å². The van der Waals surface area contributed by atoms with Crippen LogP contribution in [0.1, 0.15) is 35.1 Å². The molecular formula is C12H18BrNOS. The summed E-state index contributed by atoms with van der Waals surface area (Å²) in [7, 11) is 2.02. The first-order valence-electron chi connectivity index (χ1n) is 5.77. The quantitative estimate of drug-likeness (QED) is 0.920. The molecule has 0 bridgehead atoms. The molecule has 0 radical (unpaired) electrons. The Bertz CT molecular complexity index is 327. The Labute approximate surface area is 110 Å². The molecule has 1 N–H and O–H groups in total. The lowest BCUT2D eigenvalue weighted by Gasteiger charge is -2.29. The molecule has 90 valence electrons. The highest BCUT2D eigenvalue weighted by Crippen LogP contribution is 2.34. The van der Waals surface area contributed by atoms with Crippen LogP contribution in [-0.2, 0) is 4.74 Å². The number of nitrogens with one attached hydrogen (secondary N) is 1. The van der Waals surface area contributed by atoms with Crippen LogP contribution < -0.4 is 5.32 Å². The maximum atomic E-state index is 5.86. The highest BCUT2D eigenvalue weighted by Gasteiger charge is 2.26. The monoisotopic (exact) mass is 303 g/mol. The fourth-order valence-corrected chi connectivity index (χ4v) is 3.90. The summed E-state index contributed by atoms with van der Waals surface area (Å²) in [6, 6.07) is 2.56. The maximum absolute atomic E-state index is 5.86. The van der Waals surface area contributed by atoms with Crippen LogP contribution >= 0.6 is 27.3 Å². The SMILES string of the molecule is CNC(c1cc(Br)c(C)s1)C1CCCCO1. The van der Waals surface area contributed by atoms with E-state index >= 15 is 0 Å². The summed E-state index contributed by atoms with van der Waals surface area (Å²) < 4.78 is 7.08. The van der Waals surface area contributed by atoms with Gasteiger partial charge in [-0.15, -0.1) is 11.3 Å². The van der Waals surface area contributed by atoms with Gasteiger partial charge in [-0.05, 0) is 55.2 Å². The predicted octanol–water partition coefficient (Wildman–Crippen LogP) is 3.65. The minimum Gasteiger partial charge on any atom is -0.376 e. The topological polar surface area (TPSA) is 21.3 Å². The molecule has 2 heterocycles. The van der Waals surface area contributed by atoms with Crippen LogP contribution in [0.25, 0.3) is 0 Å². The van der Waals surface area contributed by atoms with Crippen LogP contribution in [0.4, 0.5) is 0 Å². The van der Waals surface area contributed by atoms with E-state index in [2.05, 4.69) is 34.2 Å². The minimum atomic E-state index is 0.337. The van der Waals surface area contributed by atoms with E-state index in [1.807, 2.05) is 18.4 Å². The second kappa shape index (κ2) is 5.63. The number of aryl methyl sites for hydroxylation is 1. The Hall–Kier alpha value is 0.1000. The van der Waals surface area contributed by atoms with Gasteiger partial charge in [0.05, 0.1) is 12.1 Å². The van der Waals surface area contributed by atoms with Crippen molar-refractivity contribution in [3.63, 3.8) is 0 Å². The van der Waals surface area contributed by atoms with Crippen molar-refractivity contribution in [3.8, 4) is 0 Å². The lowest BCUT2D eigenvalue weighted by molar-refractivity contribution is -0.00589. The van der Waals surface area contributed by atoms with Gasteiger partial charge < -0.3 is 10.1 Å². The molecule has 2 rings (SSSR count). The van der Waals surface area contributed by atoms with E-state index in [0.717, 1.165) is 6.61 Å². The summed E-state index contributed by atoms with van der Waals surface area (Å²) in [5.41, 5.74) is 0. The first kappa shape index (κ1) is 12.6. The normalized spacial score (nSPS) is 23.3. The first-order chi connectivity index (χ1) is 7.72. The summed E-state index contributed by atoms with van der Waals surface area (Å²) >= 11 is 5.43. The van der Waals surface area contributed by atoms with E-state index < -0.39 is 0 Å². The molecule has 0 amide bonds. The second-order valence-electron chi connectivity index (χ2n) is 4.22. The number of hydrogen-bond acceptors (Lipinski definition) is 3. The van der Waals surface area contributed by atoms with Crippen molar-refractivity contribution in [2.24, 2.45) is 0 Å². The van der Waals surface area contributed by atoms with Gasteiger partial charge in [-0.3, -0.25) is 0 Å². The summed E-state index contributed by atoms with van der Waals surface area (Å²) in [5, 5.41) is 3.39. The molecule has 0 aromatic carbocycles. The lowest BCUT2D eigenvalue weighted by Crippen LogP contribution is -2.33. The van der Waals surface area contributed by atoms with E-state index in [0.29, 0.717) is 12.1 Å². The molecule has 1 saturated heterocycles. The van der Waals surface area contributed by atoms with Crippen molar-refractivity contribution in [1.29, 1.82) is 0 Å². The molecule has 1 aromatic heterocycles. The average Bonchev–Trinajstić information content (AvgIpc) is 2.61. The second-order valence-corrected chi connectivity index (χ2v) is 6.37. The van der Waals surface area contributed by atoms with E-state index in [1.54, 1.807) is 0 Å². The summed E-state index contributed by atoms with van der Waals surface area (Å²) in [6.45, 7) is 3.06. The van der Waals surface area contributed by atoms with E-state index in [9.17, 15) is 0 Å². The molecule has 2 unspecified atom stereocenters. The molecule has 0 spiro atoms. The molecule has 2 nitrogen and oxygen atoms in total. The Morgan fingerprint density at radius 1 is 1.56 bits per heavy atom. The molecule has 0 aliphatic carbocycles. The van der Waals surface area contributed by atoms with Crippen LogP contribution in [0.3, 0.4) is 0 Å². The van der Waals surface area contributed by atoms with Crippen molar-refractivity contribution < 1.29 is 4.74 Å². The third kappa shape index (κ3) is 2.67. The minimum absolute atomic E-state index is 0.337. The highest BCUT2D eigenvalue weighted by atomic mass is 79.9. The van der Waals surface area contributed by atoms with Crippen LogP contribution in [0.5, 0.6) is 0 Å². The zero-order valence-electron chi connectivity index (χ0n) is 9.75. The van der Waals surface area contributed by atoms with Gasteiger partial charge in [0.25, 0.3) is 0 Å². The fraction of sp³-hybridized carbons (Fsp3) is 0.667. The number of hydrogen-bond donors (Lipinski definition) is 1. The molecule has 0 saturated carbocycles. The van der Waals surface area contributed by atoms with Crippen molar-refractivity contribution in [1.82, 2.24) is 5.32 Å². The van der Waals surface area contributed by atoms with E-state index in [1.165, 1.54) is 33.5 Å². The maximum Gasteiger partial charge on any atom is 0.0777 e. The van der Waals surface area contributed by atoms with Crippen molar-refractivity contribution in [3.05, 3.63) is 20.3 Å². The molecule has 1 fully saturated rings. The van der Waals surface area contributed by atoms with Gasteiger partial charge in [-0.25, -0.2) is 0 Å². The lowest BCUT2D eigenvalue weighted by atomic mass is 10.0. The number of thiophene rings is 1. The molecule has 16 heavy (non-hydrogen) atoms. The predicted molar refractivity (Wildman–Crippen MR) is 72.1 cm³/mol. The van der Waals surface area contributed by atoms with E-state index in [4.69, 9.17) is 4.74 Å². The van der Waals surface area contributed by atoms with Crippen molar-refractivity contribution in [2.45, 2.75) is 38.3 Å². The van der Waals surface area contributed by atoms with Crippen LogP contribution in [-0.4, -0.2) is 19.8 Å². The first-order valence-corrected chi connectivity index (χ1v) is 7.38. The highest BCUT2D eigenvalue weighted by molar-refractivity contribution is 9.10. The fourth-order valence-electron chi connectivity index (χ4n) is 2.17. The smallest absolute Gasteiger partial charge is 0.0777 e. The number of likely N-dealkylation sites (N-methyl/N-ethyl adjacent to an activating group) is 1. The third-order valence-electron chi connectivity index (χ3n) is 3.08. The van der Waals surface area contributed by atoms with Gasteiger partial charge in [-0.2, -0.15) is 0 Å². The standard InChI is InChI=1S/C12H18BrNOS/c1-8-9(13)7-11(16-8)12(14-2)10-5-3-4-6-15-10/h7,10,12,14H,3-6H2,1-2H3. The summed E-state index contributed by atoms with van der Waals surface area (Å²) in [5.74, 6) is 0. The Kier molecular flexibility index (Phi) is 4.41. The van der Waals surface area contributed by atoms with Gasteiger partial charge in [-0.1, -0.05) is 0 Å². The van der Waals surface area contributed by atoms with Gasteiger partial charge in [0.2, 0.25) is 0 Å². The number of ether oxygens (including phenoxy) is 1. The van der Waals surface area contributed by atoms with Gasteiger partial charge in [0, 0.05) is 20.8 Å². The van der Waals surface area contributed by atoms with Crippen LogP contribution in [0, 0.1) is 6.92 Å². The zero-order valence-corrected chi connectivity index (χ0v) is 12.2. The third-order valence-corrected chi connectivity index (χ3v) is 5.30. The van der Waals surface area contributed by atoms with Crippen molar-refractivity contribution in [2.75, 3.05) is 13.7 Å². The molecule has 1 aliphatic heterocycles. The van der Waals surface area contributed by atoms with Crippen LogP contribution in [0.15, 0.2) is 10.5 Å². The zero-order chi connectivity index (χ0) is 11.5. The Morgan fingerprint density at radius 2 is 2.38 bits per heavy atom. The van der Waals surface area contributed by atoms with Crippen molar-refractivity contribution >= 4 is 27.3 Å². The molecule has 1 aromatic rings. The van der Waals surface area contributed by atoms with Gasteiger partial charge in [0.15, 0.2) is 0 Å².